The van der Waals surface area contributed by atoms with Crippen molar-refractivity contribution in [2.75, 3.05) is 18.0 Å². The summed E-state index contributed by atoms with van der Waals surface area (Å²) in [6.45, 7) is 3.34. The Balaban J connectivity index is 1.83. The first kappa shape index (κ1) is 23.0. The van der Waals surface area contributed by atoms with Crippen LogP contribution in [0, 0.1) is 13.8 Å². The first-order valence-corrected chi connectivity index (χ1v) is 11.4. The van der Waals surface area contributed by atoms with Gasteiger partial charge < -0.3 is 4.74 Å². The number of nitrogens with one attached hydrogen (secondary N) is 1. The van der Waals surface area contributed by atoms with Crippen LogP contribution in [0.15, 0.2) is 82.8 Å². The van der Waals surface area contributed by atoms with Crippen LogP contribution >= 0.6 is 0 Å². The molecule has 0 spiro atoms. The molecule has 0 heterocycles. The highest BCUT2D eigenvalue weighted by Gasteiger charge is 2.27. The van der Waals surface area contributed by atoms with Crippen molar-refractivity contribution in [3.8, 4) is 5.75 Å². The maximum absolute atomic E-state index is 13.3. The van der Waals surface area contributed by atoms with Crippen molar-refractivity contribution >= 4 is 27.8 Å². The third-order valence-corrected chi connectivity index (χ3v) is 6.42. The summed E-state index contributed by atoms with van der Waals surface area (Å²) in [5.41, 5.74) is 5.37. The van der Waals surface area contributed by atoms with Crippen LogP contribution in [-0.2, 0) is 14.8 Å². The van der Waals surface area contributed by atoms with Gasteiger partial charge in [0.25, 0.3) is 15.9 Å². The van der Waals surface area contributed by atoms with Crippen LogP contribution in [0.2, 0.25) is 0 Å². The van der Waals surface area contributed by atoms with E-state index in [4.69, 9.17) is 4.74 Å². The van der Waals surface area contributed by atoms with Crippen LogP contribution < -0.4 is 14.5 Å². The second-order valence-corrected chi connectivity index (χ2v) is 9.10. The number of benzene rings is 3. The van der Waals surface area contributed by atoms with E-state index in [2.05, 4.69) is 10.5 Å². The van der Waals surface area contributed by atoms with E-state index in [9.17, 15) is 13.2 Å². The first-order chi connectivity index (χ1) is 15.3. The number of carbonyl (C=O) groups excluding carboxylic acids is 1. The second kappa shape index (κ2) is 10.1. The average Bonchev–Trinajstić information content (AvgIpc) is 2.77. The minimum Gasteiger partial charge on any atom is -0.497 e. The lowest BCUT2D eigenvalue weighted by Crippen LogP contribution is -2.39. The summed E-state index contributed by atoms with van der Waals surface area (Å²) in [6.07, 6.45) is 1.48. The van der Waals surface area contributed by atoms with Gasteiger partial charge in [0.05, 0.1) is 23.9 Å². The van der Waals surface area contributed by atoms with Gasteiger partial charge >= 0.3 is 0 Å². The lowest BCUT2D eigenvalue weighted by Gasteiger charge is -2.24. The van der Waals surface area contributed by atoms with E-state index in [1.165, 1.54) is 18.3 Å². The number of methoxy groups -OCH3 is 1. The van der Waals surface area contributed by atoms with Crippen molar-refractivity contribution in [1.29, 1.82) is 0 Å². The Hall–Kier alpha value is -3.65. The molecular weight excluding hydrogens is 426 g/mol. The van der Waals surface area contributed by atoms with Crippen LogP contribution in [-0.4, -0.2) is 34.2 Å². The zero-order valence-corrected chi connectivity index (χ0v) is 19.0. The highest BCUT2D eigenvalue weighted by Crippen LogP contribution is 2.25. The van der Waals surface area contributed by atoms with Crippen molar-refractivity contribution in [3.05, 3.63) is 89.5 Å². The average molecular weight is 452 g/mol. The van der Waals surface area contributed by atoms with Crippen LogP contribution in [0.1, 0.15) is 16.7 Å². The highest BCUT2D eigenvalue weighted by molar-refractivity contribution is 7.92. The molecule has 0 aliphatic heterocycles. The molecule has 0 fully saturated rings. The summed E-state index contributed by atoms with van der Waals surface area (Å²) >= 11 is 0. The predicted octanol–water partition coefficient (Wildman–Crippen LogP) is 3.66. The summed E-state index contributed by atoms with van der Waals surface area (Å²) in [5.74, 6) is 0.148. The highest BCUT2D eigenvalue weighted by atomic mass is 32.2. The molecule has 8 heteroatoms. The molecule has 0 radical (unpaired) electrons. The molecule has 1 amide bonds. The lowest BCUT2D eigenvalue weighted by molar-refractivity contribution is -0.119. The summed E-state index contributed by atoms with van der Waals surface area (Å²) in [4.78, 5) is 12.7. The topological polar surface area (TPSA) is 88.1 Å². The van der Waals surface area contributed by atoms with Crippen LogP contribution in [0.25, 0.3) is 0 Å². The third kappa shape index (κ3) is 5.73. The molecule has 3 aromatic rings. The second-order valence-electron chi connectivity index (χ2n) is 7.24. The van der Waals surface area contributed by atoms with Gasteiger partial charge in [0.15, 0.2) is 0 Å². The van der Waals surface area contributed by atoms with Gasteiger partial charge in [0, 0.05) is 0 Å². The number of sulfonamides is 1. The van der Waals surface area contributed by atoms with Gasteiger partial charge in [-0.15, -0.1) is 0 Å². The van der Waals surface area contributed by atoms with Crippen LogP contribution in [0.4, 0.5) is 5.69 Å². The number of aryl methyl sites for hydroxylation is 2. The van der Waals surface area contributed by atoms with E-state index in [1.54, 1.807) is 61.7 Å². The number of amides is 1. The Bertz CT molecular complexity index is 1190. The standard InChI is InChI=1S/C24H25N3O4S/c1-18-13-19(2)15-21(14-18)27(32(29,30)23-7-5-4-6-8-23)17-24(28)26-25-16-20-9-11-22(31-3)12-10-20/h4-16H,17H2,1-3H3,(H,26,28)/b25-16-. The number of ether oxygens (including phenoxy) is 1. The van der Waals surface area contributed by atoms with Gasteiger partial charge in [0.1, 0.15) is 12.3 Å². The van der Waals surface area contributed by atoms with E-state index in [-0.39, 0.29) is 4.90 Å². The molecule has 0 aliphatic rings. The van der Waals surface area contributed by atoms with Gasteiger partial charge in [-0.2, -0.15) is 5.10 Å². The Kier molecular flexibility index (Phi) is 7.27. The summed E-state index contributed by atoms with van der Waals surface area (Å²) < 4.78 is 32.9. The molecule has 0 bridgehead atoms. The normalized spacial score (nSPS) is 11.3. The molecule has 3 rings (SSSR count). The van der Waals surface area contributed by atoms with Crippen molar-refractivity contribution in [2.24, 2.45) is 5.10 Å². The van der Waals surface area contributed by atoms with Crippen LogP contribution in [0.3, 0.4) is 0 Å². The lowest BCUT2D eigenvalue weighted by atomic mass is 10.1. The van der Waals surface area contributed by atoms with Gasteiger partial charge in [-0.3, -0.25) is 9.10 Å². The molecule has 3 aromatic carbocycles. The first-order valence-electron chi connectivity index (χ1n) is 9.91. The number of hydrazone groups is 1. The summed E-state index contributed by atoms with van der Waals surface area (Å²) in [7, 11) is -2.38. The van der Waals surface area contributed by atoms with E-state index in [1.807, 2.05) is 19.9 Å². The molecule has 0 aliphatic carbocycles. The van der Waals surface area contributed by atoms with E-state index >= 15 is 0 Å². The third-order valence-electron chi connectivity index (χ3n) is 4.63. The van der Waals surface area contributed by atoms with E-state index in [0.29, 0.717) is 11.4 Å². The molecule has 0 unspecified atom stereocenters. The molecular formula is C24H25N3O4S. The fourth-order valence-corrected chi connectivity index (χ4v) is 4.59. The Morgan fingerprint density at radius 1 is 1.00 bits per heavy atom. The van der Waals surface area contributed by atoms with Crippen molar-refractivity contribution in [2.45, 2.75) is 18.7 Å². The van der Waals surface area contributed by atoms with Gasteiger partial charge in [0.2, 0.25) is 0 Å². The summed E-state index contributed by atoms with van der Waals surface area (Å²) in [5, 5.41) is 3.95. The van der Waals surface area contributed by atoms with Gasteiger partial charge in [-0.1, -0.05) is 24.3 Å². The van der Waals surface area contributed by atoms with Gasteiger partial charge in [-0.05, 0) is 79.1 Å². The summed E-state index contributed by atoms with van der Waals surface area (Å²) in [6, 6.07) is 20.6. The smallest absolute Gasteiger partial charge is 0.264 e. The number of hydrogen-bond acceptors (Lipinski definition) is 5. The minimum absolute atomic E-state index is 0.105. The maximum atomic E-state index is 13.3. The van der Waals surface area contributed by atoms with Crippen molar-refractivity contribution < 1.29 is 17.9 Å². The number of hydrogen-bond donors (Lipinski definition) is 1. The molecule has 32 heavy (non-hydrogen) atoms. The molecule has 0 saturated heterocycles. The quantitative estimate of drug-likeness (QED) is 0.418. The predicted molar refractivity (Wildman–Crippen MR) is 126 cm³/mol. The molecule has 7 nitrogen and oxygen atoms in total. The molecule has 0 atom stereocenters. The largest absolute Gasteiger partial charge is 0.497 e. The molecule has 0 aromatic heterocycles. The minimum atomic E-state index is -3.96. The van der Waals surface area contributed by atoms with Gasteiger partial charge in [-0.25, -0.2) is 13.8 Å². The Morgan fingerprint density at radius 2 is 1.62 bits per heavy atom. The molecule has 0 saturated carbocycles. The van der Waals surface area contributed by atoms with Crippen molar-refractivity contribution in [3.63, 3.8) is 0 Å². The van der Waals surface area contributed by atoms with Crippen molar-refractivity contribution in [1.82, 2.24) is 5.43 Å². The van der Waals surface area contributed by atoms with E-state index < -0.39 is 22.5 Å². The number of rotatable bonds is 8. The zero-order chi connectivity index (χ0) is 23.1. The molecule has 166 valence electrons. The fraction of sp³-hybridized carbons (Fsp3) is 0.167. The van der Waals surface area contributed by atoms with E-state index in [0.717, 1.165) is 21.0 Å². The fourth-order valence-electron chi connectivity index (χ4n) is 3.16. The maximum Gasteiger partial charge on any atom is 0.264 e. The Labute approximate surface area is 188 Å². The Morgan fingerprint density at radius 3 is 2.22 bits per heavy atom. The SMILES string of the molecule is COc1ccc(/C=N\NC(=O)CN(c2cc(C)cc(C)c2)S(=O)(=O)c2ccccc2)cc1. The molecule has 1 N–H and O–H groups in total. The zero-order valence-electron chi connectivity index (χ0n) is 18.1. The van der Waals surface area contributed by atoms with Crippen LogP contribution in [0.5, 0.6) is 5.75 Å². The number of carbonyl (C=O) groups is 1. The monoisotopic (exact) mass is 451 g/mol. The number of nitrogens with zero attached hydrogens (tertiary/aromatic N) is 2. The number of anilines is 1.